The van der Waals surface area contributed by atoms with Gasteiger partial charge in [0.05, 0.1) is 6.61 Å². The van der Waals surface area contributed by atoms with Crippen molar-refractivity contribution in [1.82, 2.24) is 9.55 Å². The van der Waals surface area contributed by atoms with E-state index < -0.39 is 11.9 Å². The van der Waals surface area contributed by atoms with Gasteiger partial charge in [-0.3, -0.25) is 19.1 Å². The molecule has 1 N–H and O–H groups in total. The fraction of sp³-hybridized carbons (Fsp3) is 0.667. The Morgan fingerprint density at radius 2 is 2.10 bits per heavy atom. The van der Waals surface area contributed by atoms with E-state index in [4.69, 9.17) is 4.74 Å². The number of aromatic amines is 1. The molecule has 2 heterocycles. The van der Waals surface area contributed by atoms with Crippen LogP contribution in [-0.2, 0) is 9.53 Å². The standard InChI is InChI=1S/C15H22N2O4/c1-9-7-17(14(20)16-13(9)19)12-6-10(8-21-12)5-11(18)15(2,3)4/h7,10,12H,5-6,8H2,1-4H3,(H,16,19,20)/t10-,12-/m0/s1. The Hall–Kier alpha value is -1.69. The average Bonchev–Trinajstić information content (AvgIpc) is 2.81. The molecule has 2 rings (SSSR count). The van der Waals surface area contributed by atoms with Gasteiger partial charge in [-0.05, 0) is 19.3 Å². The molecule has 0 amide bonds. The molecule has 6 heteroatoms. The van der Waals surface area contributed by atoms with Gasteiger partial charge in [0.2, 0.25) is 0 Å². The Morgan fingerprint density at radius 3 is 2.71 bits per heavy atom. The van der Waals surface area contributed by atoms with Crippen molar-refractivity contribution in [2.75, 3.05) is 6.61 Å². The summed E-state index contributed by atoms with van der Waals surface area (Å²) in [6.45, 7) is 7.80. The number of hydrogen-bond donors (Lipinski definition) is 1. The Balaban J connectivity index is 2.10. The molecule has 0 saturated carbocycles. The van der Waals surface area contributed by atoms with Gasteiger partial charge >= 0.3 is 5.69 Å². The van der Waals surface area contributed by atoms with Gasteiger partial charge in [0.25, 0.3) is 5.56 Å². The normalized spacial score (nSPS) is 22.5. The highest BCUT2D eigenvalue weighted by molar-refractivity contribution is 5.83. The average molecular weight is 294 g/mol. The van der Waals surface area contributed by atoms with Gasteiger partial charge in [-0.15, -0.1) is 0 Å². The van der Waals surface area contributed by atoms with Crippen LogP contribution in [0.2, 0.25) is 0 Å². The maximum Gasteiger partial charge on any atom is 0.330 e. The SMILES string of the molecule is Cc1cn([C@@H]2C[C@H](CC(=O)C(C)(C)C)CO2)c(=O)[nH]c1=O. The molecule has 0 bridgehead atoms. The number of carbonyl (C=O) groups is 1. The molecule has 0 aliphatic carbocycles. The summed E-state index contributed by atoms with van der Waals surface area (Å²) in [6.07, 6.45) is 2.16. The number of rotatable bonds is 3. The number of H-pyrrole nitrogens is 1. The molecule has 0 spiro atoms. The van der Waals surface area contributed by atoms with Gasteiger partial charge in [0.15, 0.2) is 0 Å². The van der Waals surface area contributed by atoms with E-state index >= 15 is 0 Å². The first-order valence-electron chi connectivity index (χ1n) is 7.15. The minimum atomic E-state index is -0.474. The minimum Gasteiger partial charge on any atom is -0.358 e. The molecule has 6 nitrogen and oxygen atoms in total. The monoisotopic (exact) mass is 294 g/mol. The first kappa shape index (κ1) is 15.7. The van der Waals surface area contributed by atoms with Crippen LogP contribution in [0.3, 0.4) is 0 Å². The van der Waals surface area contributed by atoms with Crippen LogP contribution in [0.5, 0.6) is 0 Å². The van der Waals surface area contributed by atoms with Crippen LogP contribution in [-0.4, -0.2) is 21.9 Å². The van der Waals surface area contributed by atoms with E-state index in [-0.39, 0.29) is 22.7 Å². The fourth-order valence-electron chi connectivity index (χ4n) is 2.37. The first-order valence-corrected chi connectivity index (χ1v) is 7.15. The van der Waals surface area contributed by atoms with Crippen LogP contribution in [0.15, 0.2) is 15.8 Å². The van der Waals surface area contributed by atoms with E-state index in [0.717, 1.165) is 0 Å². The van der Waals surface area contributed by atoms with Gasteiger partial charge in [0.1, 0.15) is 12.0 Å². The lowest BCUT2D eigenvalue weighted by Gasteiger charge is -2.18. The Kier molecular flexibility index (Phi) is 4.18. The van der Waals surface area contributed by atoms with Crippen LogP contribution in [0, 0.1) is 18.3 Å². The summed E-state index contributed by atoms with van der Waals surface area (Å²) >= 11 is 0. The van der Waals surface area contributed by atoms with Crippen molar-refractivity contribution in [3.63, 3.8) is 0 Å². The summed E-state index contributed by atoms with van der Waals surface area (Å²) in [5.41, 5.74) is -0.747. The topological polar surface area (TPSA) is 81.2 Å². The maximum absolute atomic E-state index is 12.1. The fourth-order valence-corrected chi connectivity index (χ4v) is 2.37. The summed E-state index contributed by atoms with van der Waals surface area (Å²) in [5.74, 6) is 0.308. The molecule has 0 aromatic carbocycles. The van der Waals surface area contributed by atoms with Gasteiger partial charge in [0, 0.05) is 23.6 Å². The molecule has 0 unspecified atom stereocenters. The molecule has 2 atom stereocenters. The lowest BCUT2D eigenvalue weighted by atomic mass is 9.85. The van der Waals surface area contributed by atoms with Crippen molar-refractivity contribution in [3.8, 4) is 0 Å². The molecule has 116 valence electrons. The second kappa shape index (κ2) is 5.60. The summed E-state index contributed by atoms with van der Waals surface area (Å²) in [5, 5.41) is 0. The van der Waals surface area contributed by atoms with Crippen LogP contribution in [0.4, 0.5) is 0 Å². The smallest absolute Gasteiger partial charge is 0.330 e. The molecular weight excluding hydrogens is 272 g/mol. The molecule has 1 fully saturated rings. The van der Waals surface area contributed by atoms with E-state index in [0.29, 0.717) is 25.0 Å². The zero-order chi connectivity index (χ0) is 15.8. The summed E-state index contributed by atoms with van der Waals surface area (Å²) in [6, 6.07) is 0. The Bertz CT molecular complexity index is 651. The van der Waals surface area contributed by atoms with E-state index in [1.165, 1.54) is 10.8 Å². The quantitative estimate of drug-likeness (QED) is 0.913. The predicted molar refractivity (Wildman–Crippen MR) is 78.2 cm³/mol. The van der Waals surface area contributed by atoms with Crippen molar-refractivity contribution in [1.29, 1.82) is 0 Å². The minimum absolute atomic E-state index is 0.112. The number of nitrogens with one attached hydrogen (secondary N) is 1. The van der Waals surface area contributed by atoms with E-state index in [1.807, 2.05) is 20.8 Å². The summed E-state index contributed by atoms with van der Waals surface area (Å²) in [7, 11) is 0. The predicted octanol–water partition coefficient (Wildman–Crippen LogP) is 1.39. The number of Topliss-reactive ketones (excluding diaryl/α,β-unsaturated/α-hetero) is 1. The van der Waals surface area contributed by atoms with Crippen molar-refractivity contribution < 1.29 is 9.53 Å². The van der Waals surface area contributed by atoms with Crippen molar-refractivity contribution in [3.05, 3.63) is 32.6 Å². The van der Waals surface area contributed by atoms with Crippen LogP contribution in [0.25, 0.3) is 0 Å². The highest BCUT2D eigenvalue weighted by Crippen LogP contribution is 2.31. The van der Waals surface area contributed by atoms with E-state index in [9.17, 15) is 14.4 Å². The second-order valence-corrected chi connectivity index (χ2v) is 6.75. The van der Waals surface area contributed by atoms with Gasteiger partial charge in [-0.1, -0.05) is 20.8 Å². The molecule has 1 aromatic rings. The van der Waals surface area contributed by atoms with Crippen molar-refractivity contribution in [2.24, 2.45) is 11.3 Å². The third kappa shape index (κ3) is 3.50. The number of aryl methyl sites for hydroxylation is 1. The molecule has 1 aromatic heterocycles. The third-order valence-corrected chi connectivity index (χ3v) is 3.83. The van der Waals surface area contributed by atoms with Crippen LogP contribution in [0.1, 0.15) is 45.4 Å². The van der Waals surface area contributed by atoms with Gasteiger partial charge < -0.3 is 4.74 Å². The highest BCUT2D eigenvalue weighted by atomic mass is 16.5. The van der Waals surface area contributed by atoms with Crippen molar-refractivity contribution >= 4 is 5.78 Å². The third-order valence-electron chi connectivity index (χ3n) is 3.83. The molecule has 1 aliphatic rings. The zero-order valence-corrected chi connectivity index (χ0v) is 12.9. The molecule has 1 saturated heterocycles. The highest BCUT2D eigenvalue weighted by Gasteiger charge is 2.32. The van der Waals surface area contributed by atoms with Gasteiger partial charge in [-0.2, -0.15) is 0 Å². The van der Waals surface area contributed by atoms with Gasteiger partial charge in [-0.25, -0.2) is 4.79 Å². The number of ether oxygens (including phenoxy) is 1. The number of hydrogen-bond acceptors (Lipinski definition) is 4. The number of aromatic nitrogens is 2. The van der Waals surface area contributed by atoms with Crippen molar-refractivity contribution in [2.45, 2.75) is 46.8 Å². The molecule has 21 heavy (non-hydrogen) atoms. The summed E-state index contributed by atoms with van der Waals surface area (Å²) in [4.78, 5) is 37.5. The van der Waals surface area contributed by atoms with E-state index in [2.05, 4.69) is 4.98 Å². The second-order valence-electron chi connectivity index (χ2n) is 6.75. The lowest BCUT2D eigenvalue weighted by molar-refractivity contribution is -0.127. The summed E-state index contributed by atoms with van der Waals surface area (Å²) < 4.78 is 7.03. The maximum atomic E-state index is 12.1. The van der Waals surface area contributed by atoms with Crippen LogP contribution < -0.4 is 11.2 Å². The molecule has 1 aliphatic heterocycles. The Morgan fingerprint density at radius 1 is 1.43 bits per heavy atom. The number of nitrogens with zero attached hydrogens (tertiary/aromatic N) is 1. The largest absolute Gasteiger partial charge is 0.358 e. The number of carbonyl (C=O) groups excluding carboxylic acids is 1. The Labute approximate surface area is 123 Å². The molecular formula is C15H22N2O4. The molecule has 0 radical (unpaired) electrons. The lowest BCUT2D eigenvalue weighted by Crippen LogP contribution is -2.33. The van der Waals surface area contributed by atoms with Crippen LogP contribution >= 0.6 is 0 Å². The zero-order valence-electron chi connectivity index (χ0n) is 12.9. The van der Waals surface area contributed by atoms with E-state index in [1.54, 1.807) is 6.92 Å². The first-order chi connectivity index (χ1) is 9.68. The number of ketones is 1.